The first-order valence-corrected chi connectivity index (χ1v) is 12.4. The van der Waals surface area contributed by atoms with Crippen molar-refractivity contribution in [2.45, 2.75) is 44.0 Å². The van der Waals surface area contributed by atoms with Gasteiger partial charge in [0.25, 0.3) is 6.01 Å². The summed E-state index contributed by atoms with van der Waals surface area (Å²) >= 11 is 6.58. The van der Waals surface area contributed by atoms with Crippen LogP contribution in [0.2, 0.25) is 5.02 Å². The third-order valence-corrected chi connectivity index (χ3v) is 7.40. The number of aromatic nitrogens is 3. The molecule has 176 valence electrons. The van der Waals surface area contributed by atoms with E-state index in [4.69, 9.17) is 26.1 Å². The van der Waals surface area contributed by atoms with Crippen LogP contribution in [-0.4, -0.2) is 58.1 Å². The van der Waals surface area contributed by atoms with Gasteiger partial charge in [-0.05, 0) is 57.0 Å². The molecule has 2 aliphatic heterocycles. The van der Waals surface area contributed by atoms with E-state index in [1.165, 1.54) is 0 Å². The Morgan fingerprint density at radius 2 is 1.91 bits per heavy atom. The van der Waals surface area contributed by atoms with E-state index >= 15 is 0 Å². The van der Waals surface area contributed by atoms with Crippen LogP contribution in [0, 0.1) is 23.7 Å². The lowest BCUT2D eigenvalue weighted by Gasteiger charge is -2.17. The van der Waals surface area contributed by atoms with Gasteiger partial charge in [0.1, 0.15) is 6.10 Å². The van der Waals surface area contributed by atoms with Crippen LogP contribution in [0.4, 0.5) is 0 Å². The number of halogens is 1. The second-order valence-corrected chi connectivity index (χ2v) is 9.77. The van der Waals surface area contributed by atoms with Crippen molar-refractivity contribution in [1.29, 1.82) is 0 Å². The second kappa shape index (κ2) is 9.20. The van der Waals surface area contributed by atoms with Crippen molar-refractivity contribution in [1.82, 2.24) is 20.3 Å². The van der Waals surface area contributed by atoms with E-state index in [0.29, 0.717) is 34.9 Å². The Morgan fingerprint density at radius 3 is 2.74 bits per heavy atom. The van der Waals surface area contributed by atoms with E-state index in [1.54, 1.807) is 0 Å². The fourth-order valence-electron chi connectivity index (χ4n) is 5.22. The summed E-state index contributed by atoms with van der Waals surface area (Å²) in [7, 11) is 0. The number of ether oxygens (including phenoxy) is 2. The summed E-state index contributed by atoms with van der Waals surface area (Å²) < 4.78 is 11.8. The van der Waals surface area contributed by atoms with Gasteiger partial charge < -0.3 is 24.9 Å². The Morgan fingerprint density at radius 1 is 1.09 bits per heavy atom. The van der Waals surface area contributed by atoms with Crippen molar-refractivity contribution in [2.24, 2.45) is 11.8 Å². The van der Waals surface area contributed by atoms with Crippen LogP contribution < -0.4 is 10.1 Å². The number of nitrogens with zero attached hydrogens (tertiary/aromatic N) is 2. The molecule has 3 aromatic rings. The van der Waals surface area contributed by atoms with Crippen LogP contribution in [0.25, 0.3) is 22.4 Å². The number of rotatable bonds is 3. The Bertz CT molecular complexity index is 1240. The Labute approximate surface area is 203 Å². The quantitative estimate of drug-likeness (QED) is 0.499. The number of fused-ring (bicyclic) bond motifs is 2. The van der Waals surface area contributed by atoms with Gasteiger partial charge in [-0.2, -0.15) is 4.98 Å². The van der Waals surface area contributed by atoms with Crippen LogP contribution in [0.15, 0.2) is 30.3 Å². The molecular weight excluding hydrogens is 452 g/mol. The lowest BCUT2D eigenvalue weighted by molar-refractivity contribution is 0.0135. The van der Waals surface area contributed by atoms with Gasteiger partial charge in [0, 0.05) is 23.0 Å². The molecule has 3 fully saturated rings. The van der Waals surface area contributed by atoms with Gasteiger partial charge in [0.2, 0.25) is 0 Å². The first-order chi connectivity index (χ1) is 16.6. The number of imidazole rings is 1. The first kappa shape index (κ1) is 21.9. The molecule has 0 bridgehead atoms. The molecule has 4 heterocycles. The zero-order valence-electron chi connectivity index (χ0n) is 18.8. The van der Waals surface area contributed by atoms with Gasteiger partial charge in [0.15, 0.2) is 5.65 Å². The van der Waals surface area contributed by atoms with E-state index in [2.05, 4.69) is 27.1 Å². The molecule has 1 aliphatic carbocycles. The van der Waals surface area contributed by atoms with Gasteiger partial charge in [0.05, 0.1) is 35.0 Å². The third kappa shape index (κ3) is 4.27. The first-order valence-electron chi connectivity index (χ1n) is 12.0. The lowest BCUT2D eigenvalue weighted by Crippen LogP contribution is -2.30. The summed E-state index contributed by atoms with van der Waals surface area (Å²) in [6.45, 7) is 2.46. The molecule has 3 N–H and O–H groups in total. The summed E-state index contributed by atoms with van der Waals surface area (Å²) in [5.74, 6) is 7.31. The zero-order valence-corrected chi connectivity index (χ0v) is 19.5. The highest BCUT2D eigenvalue weighted by atomic mass is 35.5. The number of hydrogen-bond donors (Lipinski definition) is 3. The Balaban J connectivity index is 1.19. The largest absolute Gasteiger partial charge is 0.459 e. The number of aromatic amines is 1. The van der Waals surface area contributed by atoms with E-state index in [1.807, 2.05) is 30.3 Å². The molecule has 6 rings (SSSR count). The topological polar surface area (TPSA) is 92.3 Å². The second-order valence-electron chi connectivity index (χ2n) is 9.37. The van der Waals surface area contributed by atoms with E-state index in [-0.39, 0.29) is 18.1 Å². The van der Waals surface area contributed by atoms with Gasteiger partial charge in [-0.15, -0.1) is 0 Å². The molecular formula is C26H27ClN4O3. The number of pyridine rings is 1. The van der Waals surface area contributed by atoms with Crippen molar-refractivity contribution in [3.63, 3.8) is 0 Å². The number of nitrogens with one attached hydrogen (secondary N) is 2. The van der Waals surface area contributed by atoms with Crippen LogP contribution >= 0.6 is 11.6 Å². The summed E-state index contributed by atoms with van der Waals surface area (Å²) in [6.07, 6.45) is 3.31. The molecule has 3 aliphatic rings. The molecule has 0 radical (unpaired) electrons. The van der Waals surface area contributed by atoms with Crippen LogP contribution in [-0.2, 0) is 4.74 Å². The number of hydrogen-bond acceptors (Lipinski definition) is 6. The summed E-state index contributed by atoms with van der Waals surface area (Å²) in [4.78, 5) is 12.4. The van der Waals surface area contributed by atoms with Gasteiger partial charge in [-0.3, -0.25) is 0 Å². The van der Waals surface area contributed by atoms with Gasteiger partial charge >= 0.3 is 0 Å². The predicted octanol–water partition coefficient (Wildman–Crippen LogP) is 3.55. The smallest absolute Gasteiger partial charge is 0.296 e. The fraction of sp³-hybridized carbons (Fsp3) is 0.462. The van der Waals surface area contributed by atoms with Crippen molar-refractivity contribution in [3.05, 3.63) is 40.9 Å². The third-order valence-electron chi connectivity index (χ3n) is 7.11. The normalized spacial score (nSPS) is 26.9. The minimum absolute atomic E-state index is 0.0910. The van der Waals surface area contributed by atoms with E-state index in [0.717, 1.165) is 55.4 Å². The summed E-state index contributed by atoms with van der Waals surface area (Å²) in [5, 5.41) is 13.9. The van der Waals surface area contributed by atoms with Crippen molar-refractivity contribution in [2.75, 3.05) is 19.7 Å². The number of benzene rings is 1. The molecule has 8 heteroatoms. The number of H-pyrrole nitrogens is 1. The van der Waals surface area contributed by atoms with Gasteiger partial charge in [-0.25, -0.2) is 4.98 Å². The van der Waals surface area contributed by atoms with Crippen molar-refractivity contribution < 1.29 is 14.6 Å². The van der Waals surface area contributed by atoms with E-state index in [9.17, 15) is 5.11 Å². The predicted molar refractivity (Wildman–Crippen MR) is 130 cm³/mol. The average Bonchev–Trinajstić information content (AvgIpc) is 3.55. The molecule has 1 saturated carbocycles. The SMILES string of the molecule is O[C@@H]1CO[C@H]2[C@@H]1CC[C@H]2Oc1nc2nc(-c3ccc(C#CC4CCNCC4)cc3)c(Cl)cc2[nH]1. The lowest BCUT2D eigenvalue weighted by atomic mass is 9.98. The standard InChI is InChI=1S/C26H27ClN4O3/c27-19-13-20-25(31-26(29-20)34-22-8-7-18-21(32)14-33-24(18)22)30-23(19)17-5-3-15(4-6-17)1-2-16-9-11-28-12-10-16/h3-6,13,16,18,21-22,24,28,32H,7-12,14H2,(H,29,30,31)/t18-,21-,22-,24+/m1/s1. The Kier molecular flexibility index (Phi) is 5.92. The molecule has 7 nitrogen and oxygen atoms in total. The minimum Gasteiger partial charge on any atom is -0.459 e. The molecule has 0 amide bonds. The van der Waals surface area contributed by atoms with Crippen molar-refractivity contribution >= 4 is 22.8 Å². The fourth-order valence-corrected chi connectivity index (χ4v) is 5.48. The average molecular weight is 479 g/mol. The number of piperidine rings is 1. The van der Waals surface area contributed by atoms with E-state index < -0.39 is 6.10 Å². The highest BCUT2D eigenvalue weighted by molar-refractivity contribution is 6.33. The maximum absolute atomic E-state index is 10.0. The van der Waals surface area contributed by atoms with Crippen LogP contribution in [0.5, 0.6) is 6.01 Å². The highest BCUT2D eigenvalue weighted by Crippen LogP contribution is 2.38. The molecule has 2 saturated heterocycles. The summed E-state index contributed by atoms with van der Waals surface area (Å²) in [6, 6.07) is 10.2. The van der Waals surface area contributed by atoms with Crippen molar-refractivity contribution in [3.8, 4) is 29.1 Å². The maximum atomic E-state index is 10.0. The van der Waals surface area contributed by atoms with Crippen LogP contribution in [0.3, 0.4) is 0 Å². The molecule has 34 heavy (non-hydrogen) atoms. The van der Waals surface area contributed by atoms with Crippen LogP contribution in [0.1, 0.15) is 31.2 Å². The maximum Gasteiger partial charge on any atom is 0.296 e. The highest BCUT2D eigenvalue weighted by Gasteiger charge is 2.47. The monoisotopic (exact) mass is 478 g/mol. The Hall–Kier alpha value is -2.63. The molecule has 0 spiro atoms. The number of aliphatic hydroxyl groups is 1. The number of aliphatic hydroxyl groups excluding tert-OH is 1. The minimum atomic E-state index is -0.403. The molecule has 4 atom stereocenters. The molecule has 1 aromatic carbocycles. The zero-order chi connectivity index (χ0) is 23.1. The molecule has 0 unspecified atom stereocenters. The molecule has 2 aromatic heterocycles. The van der Waals surface area contributed by atoms with Gasteiger partial charge in [-0.1, -0.05) is 35.6 Å². The summed E-state index contributed by atoms with van der Waals surface area (Å²) in [5.41, 5.74) is 3.84.